The monoisotopic (exact) mass is 421 g/mol. The van der Waals surface area contributed by atoms with Crippen molar-refractivity contribution in [2.24, 2.45) is 5.92 Å². The van der Waals surface area contributed by atoms with E-state index >= 15 is 0 Å². The predicted octanol–water partition coefficient (Wildman–Crippen LogP) is 1.34. The molecule has 3 rings (SSSR count). The zero-order valence-corrected chi connectivity index (χ0v) is 18.3. The van der Waals surface area contributed by atoms with Crippen molar-refractivity contribution in [3.8, 4) is 0 Å². The number of benzene rings is 1. The fourth-order valence-corrected chi connectivity index (χ4v) is 3.01. The molecule has 0 fully saturated rings. The van der Waals surface area contributed by atoms with Gasteiger partial charge in [-0.15, -0.1) is 0 Å². The number of aromatic nitrogens is 4. The maximum Gasteiger partial charge on any atom is 0.272 e. The molecule has 8 heteroatoms. The van der Waals surface area contributed by atoms with Gasteiger partial charge in [-0.2, -0.15) is 0 Å². The number of hydrogen-bond donors (Lipinski definition) is 4. The van der Waals surface area contributed by atoms with Crippen LogP contribution in [0.4, 0.5) is 5.69 Å². The van der Waals surface area contributed by atoms with Crippen molar-refractivity contribution >= 4 is 23.7 Å². The number of rotatable bonds is 4. The Morgan fingerprint density at radius 1 is 1.06 bits per heavy atom. The van der Waals surface area contributed by atoms with E-state index in [1.54, 1.807) is 42.7 Å². The van der Waals surface area contributed by atoms with Crippen LogP contribution < -0.4 is 27.1 Å². The van der Waals surface area contributed by atoms with Crippen molar-refractivity contribution in [2.75, 3.05) is 5.32 Å². The van der Waals surface area contributed by atoms with E-state index in [-0.39, 0.29) is 27.9 Å². The quantitative estimate of drug-likeness (QED) is 0.507. The highest BCUT2D eigenvalue weighted by atomic mass is 16.2. The van der Waals surface area contributed by atoms with Crippen molar-refractivity contribution in [2.45, 2.75) is 40.0 Å². The van der Waals surface area contributed by atoms with Crippen LogP contribution in [0.1, 0.15) is 51.6 Å². The smallest absolute Gasteiger partial charge is 0.272 e. The first-order valence-electron chi connectivity index (χ1n) is 10.1. The summed E-state index contributed by atoms with van der Waals surface area (Å²) in [5.41, 5.74) is 1.68. The van der Waals surface area contributed by atoms with Crippen LogP contribution in [0.25, 0.3) is 12.2 Å². The molecule has 0 bridgehead atoms. The third kappa shape index (κ3) is 5.28. The van der Waals surface area contributed by atoms with Crippen LogP contribution in [-0.2, 0) is 10.2 Å². The summed E-state index contributed by atoms with van der Waals surface area (Å²) in [6.07, 6.45) is 4.68. The Hall–Kier alpha value is -3.68. The highest BCUT2D eigenvalue weighted by Crippen LogP contribution is 2.22. The lowest BCUT2D eigenvalue weighted by Crippen LogP contribution is -2.46. The fraction of sp³-hybridized carbons (Fsp3) is 0.304. The molecule has 0 aliphatic rings. The largest absolute Gasteiger partial charge is 0.348 e. The first-order valence-corrected chi connectivity index (χ1v) is 10.1. The number of anilines is 1. The van der Waals surface area contributed by atoms with Crippen molar-refractivity contribution < 1.29 is 4.79 Å². The SMILES string of the molecule is CC(C)C(=O)Nc1cccc(/C=c2\[nH]c(=O)/c(=C/c3nc[nH]c3C(C)(C)C)[nH]c2=O)c1. The molecule has 0 unspecified atom stereocenters. The average molecular weight is 422 g/mol. The van der Waals surface area contributed by atoms with Gasteiger partial charge < -0.3 is 20.3 Å². The molecule has 8 nitrogen and oxygen atoms in total. The highest BCUT2D eigenvalue weighted by Gasteiger charge is 2.19. The molecule has 0 spiro atoms. The van der Waals surface area contributed by atoms with E-state index in [1.165, 1.54) is 0 Å². The minimum absolute atomic E-state index is 0.101. The Labute approximate surface area is 179 Å². The summed E-state index contributed by atoms with van der Waals surface area (Å²) in [5, 5.41) is 3.05. The minimum Gasteiger partial charge on any atom is -0.348 e. The number of H-pyrrole nitrogens is 3. The van der Waals surface area contributed by atoms with Crippen LogP contribution in [0.5, 0.6) is 0 Å². The summed E-state index contributed by atoms with van der Waals surface area (Å²) in [7, 11) is 0. The van der Waals surface area contributed by atoms with Gasteiger partial charge >= 0.3 is 0 Å². The van der Waals surface area contributed by atoms with Gasteiger partial charge in [-0.1, -0.05) is 46.8 Å². The molecule has 0 saturated carbocycles. The fourth-order valence-electron chi connectivity index (χ4n) is 3.01. The molecule has 0 radical (unpaired) electrons. The molecular weight excluding hydrogens is 394 g/mol. The Morgan fingerprint density at radius 2 is 1.71 bits per heavy atom. The molecule has 31 heavy (non-hydrogen) atoms. The maximum absolute atomic E-state index is 12.6. The maximum atomic E-state index is 12.6. The van der Waals surface area contributed by atoms with Crippen LogP contribution >= 0.6 is 0 Å². The van der Waals surface area contributed by atoms with Crippen molar-refractivity contribution in [3.63, 3.8) is 0 Å². The van der Waals surface area contributed by atoms with Crippen LogP contribution in [0.2, 0.25) is 0 Å². The average Bonchev–Trinajstić information content (AvgIpc) is 3.14. The van der Waals surface area contributed by atoms with E-state index in [4.69, 9.17) is 0 Å². The molecule has 3 aromatic rings. The lowest BCUT2D eigenvalue weighted by Gasteiger charge is -2.16. The summed E-state index contributed by atoms with van der Waals surface area (Å²) in [4.78, 5) is 49.7. The molecule has 0 atom stereocenters. The standard InChI is InChI=1S/C23H27N5O3/c1-13(2)20(29)26-15-8-6-7-14(9-15)10-17-21(30)28-18(22(31)27-17)11-16-19(23(3,4)5)25-12-24-16/h6-13H,1-5H3,(H,24,25)(H,26,29)(H,27,31)(H,28,30)/b17-10-,18-11-. The van der Waals surface area contributed by atoms with Crippen molar-refractivity contribution in [1.29, 1.82) is 0 Å². The van der Waals surface area contributed by atoms with Gasteiger partial charge in [-0.3, -0.25) is 14.4 Å². The molecule has 1 aromatic carbocycles. The first kappa shape index (κ1) is 22.0. The summed E-state index contributed by atoms with van der Waals surface area (Å²) in [6, 6.07) is 7.04. The zero-order chi connectivity index (χ0) is 22.8. The normalized spacial score (nSPS) is 13.1. The summed E-state index contributed by atoms with van der Waals surface area (Å²) in [5.74, 6) is -0.250. The lowest BCUT2D eigenvalue weighted by atomic mass is 9.90. The molecular formula is C23H27N5O3. The summed E-state index contributed by atoms with van der Waals surface area (Å²) in [6.45, 7) is 9.70. The van der Waals surface area contributed by atoms with Gasteiger partial charge in [0.1, 0.15) is 10.7 Å². The topological polar surface area (TPSA) is 123 Å². The van der Waals surface area contributed by atoms with Gasteiger partial charge in [-0.25, -0.2) is 4.98 Å². The second-order valence-electron chi connectivity index (χ2n) is 8.71. The number of carbonyl (C=O) groups excluding carboxylic acids is 1. The number of nitrogens with zero attached hydrogens (tertiary/aromatic N) is 1. The van der Waals surface area contributed by atoms with Gasteiger partial charge in [0.25, 0.3) is 11.1 Å². The molecule has 4 N–H and O–H groups in total. The van der Waals surface area contributed by atoms with E-state index in [2.05, 4.69) is 25.3 Å². The lowest BCUT2D eigenvalue weighted by molar-refractivity contribution is -0.118. The molecule has 0 aliphatic carbocycles. The van der Waals surface area contributed by atoms with E-state index in [1.807, 2.05) is 34.6 Å². The number of amides is 1. The molecule has 162 valence electrons. The van der Waals surface area contributed by atoms with Crippen LogP contribution in [-0.4, -0.2) is 25.8 Å². The van der Waals surface area contributed by atoms with Gasteiger partial charge in [0.15, 0.2) is 0 Å². The predicted molar refractivity (Wildman–Crippen MR) is 121 cm³/mol. The van der Waals surface area contributed by atoms with Gasteiger partial charge in [0.05, 0.1) is 12.0 Å². The second-order valence-corrected chi connectivity index (χ2v) is 8.71. The van der Waals surface area contributed by atoms with Crippen LogP contribution in [0, 0.1) is 5.92 Å². The van der Waals surface area contributed by atoms with E-state index < -0.39 is 11.1 Å². The number of aromatic amines is 3. The van der Waals surface area contributed by atoms with Crippen LogP contribution in [0.15, 0.2) is 40.2 Å². The second kappa shape index (κ2) is 8.59. The first-order chi connectivity index (χ1) is 14.5. The molecule has 0 saturated heterocycles. The van der Waals surface area contributed by atoms with Crippen molar-refractivity contribution in [1.82, 2.24) is 19.9 Å². The molecule has 2 heterocycles. The Morgan fingerprint density at radius 3 is 2.32 bits per heavy atom. The third-order valence-electron chi connectivity index (χ3n) is 4.67. The van der Waals surface area contributed by atoms with E-state index in [0.717, 1.165) is 5.69 Å². The van der Waals surface area contributed by atoms with E-state index in [9.17, 15) is 14.4 Å². The van der Waals surface area contributed by atoms with E-state index in [0.29, 0.717) is 16.9 Å². The van der Waals surface area contributed by atoms with Gasteiger partial charge in [-0.05, 0) is 29.8 Å². The van der Waals surface area contributed by atoms with Gasteiger partial charge in [0, 0.05) is 22.7 Å². The Balaban J connectivity index is 2.01. The van der Waals surface area contributed by atoms with Crippen molar-refractivity contribution in [3.05, 3.63) is 78.9 Å². The summed E-state index contributed by atoms with van der Waals surface area (Å²) >= 11 is 0. The van der Waals surface area contributed by atoms with Gasteiger partial charge in [0.2, 0.25) is 5.91 Å². The molecule has 0 aliphatic heterocycles. The number of nitrogens with one attached hydrogen (secondary N) is 4. The minimum atomic E-state index is -0.435. The number of imidazole rings is 1. The van der Waals surface area contributed by atoms with Crippen LogP contribution in [0.3, 0.4) is 0 Å². The third-order valence-corrected chi connectivity index (χ3v) is 4.67. The molecule has 2 aromatic heterocycles. The highest BCUT2D eigenvalue weighted by molar-refractivity contribution is 5.92. The number of carbonyl (C=O) groups is 1. The Bertz CT molecular complexity index is 1340. The Kier molecular flexibility index (Phi) is 6.10. The molecule has 1 amide bonds. The zero-order valence-electron chi connectivity index (χ0n) is 18.3. The number of hydrogen-bond acceptors (Lipinski definition) is 4. The summed E-state index contributed by atoms with van der Waals surface area (Å²) < 4.78 is 0.